The van der Waals surface area contributed by atoms with Gasteiger partial charge in [0.2, 0.25) is 0 Å². The summed E-state index contributed by atoms with van der Waals surface area (Å²) in [5.41, 5.74) is 2.96. The number of carbonyl (C=O) groups excluding carboxylic acids is 1. The van der Waals surface area contributed by atoms with Crippen molar-refractivity contribution in [2.45, 2.75) is 13.8 Å². The van der Waals surface area contributed by atoms with E-state index in [0.717, 1.165) is 5.56 Å². The standard InChI is InChI=1S/C18H15N3O3/c1-12-7-9-15(10-8-12)20-18(22)16(13(2)19-20)11-14-5-3-4-6-17(14)21(23)24/h3-11H,1-2H3/b16-11-. The van der Waals surface area contributed by atoms with Crippen LogP contribution in [0, 0.1) is 17.0 Å². The number of aryl methyl sites for hydroxylation is 1. The minimum Gasteiger partial charge on any atom is -0.267 e. The van der Waals surface area contributed by atoms with E-state index in [9.17, 15) is 14.9 Å². The number of para-hydroxylation sites is 1. The van der Waals surface area contributed by atoms with Crippen molar-refractivity contribution in [1.82, 2.24) is 0 Å². The zero-order chi connectivity index (χ0) is 17.3. The number of nitro benzene ring substituents is 1. The molecule has 2 aromatic rings. The second-order valence-electron chi connectivity index (χ2n) is 5.51. The van der Waals surface area contributed by atoms with Crippen LogP contribution in [0.2, 0.25) is 0 Å². The number of nitrogens with zero attached hydrogens (tertiary/aromatic N) is 3. The number of carbonyl (C=O) groups is 1. The van der Waals surface area contributed by atoms with Gasteiger partial charge < -0.3 is 0 Å². The first-order valence-electron chi connectivity index (χ1n) is 7.39. The van der Waals surface area contributed by atoms with Crippen molar-refractivity contribution in [2.75, 3.05) is 5.01 Å². The third-order valence-corrected chi connectivity index (χ3v) is 3.77. The lowest BCUT2D eigenvalue weighted by molar-refractivity contribution is -0.385. The Labute approximate surface area is 138 Å². The van der Waals surface area contributed by atoms with Crippen LogP contribution in [-0.4, -0.2) is 16.5 Å². The van der Waals surface area contributed by atoms with Gasteiger partial charge in [0.25, 0.3) is 11.6 Å². The van der Waals surface area contributed by atoms with Gasteiger partial charge in [-0.05, 0) is 38.1 Å². The largest absolute Gasteiger partial charge is 0.280 e. The molecule has 0 unspecified atom stereocenters. The first-order chi connectivity index (χ1) is 11.5. The van der Waals surface area contributed by atoms with Crippen molar-refractivity contribution in [3.63, 3.8) is 0 Å². The van der Waals surface area contributed by atoms with E-state index in [0.29, 0.717) is 22.5 Å². The van der Waals surface area contributed by atoms with Crippen LogP contribution in [0.15, 0.2) is 59.2 Å². The van der Waals surface area contributed by atoms with Crippen molar-refractivity contribution >= 4 is 29.1 Å². The van der Waals surface area contributed by atoms with Crippen molar-refractivity contribution in [2.24, 2.45) is 5.10 Å². The Kier molecular flexibility index (Phi) is 3.95. The van der Waals surface area contributed by atoms with Crippen LogP contribution in [0.1, 0.15) is 18.1 Å². The summed E-state index contributed by atoms with van der Waals surface area (Å²) in [4.78, 5) is 23.3. The molecule has 0 aromatic heterocycles. The summed E-state index contributed by atoms with van der Waals surface area (Å²) >= 11 is 0. The van der Waals surface area contributed by atoms with Gasteiger partial charge in [0.15, 0.2) is 0 Å². The molecule has 1 aliphatic heterocycles. The summed E-state index contributed by atoms with van der Waals surface area (Å²) in [6, 6.07) is 13.7. The van der Waals surface area contributed by atoms with Crippen LogP contribution in [-0.2, 0) is 4.79 Å². The van der Waals surface area contributed by atoms with E-state index < -0.39 is 4.92 Å². The fourth-order valence-electron chi connectivity index (χ4n) is 2.48. The molecular weight excluding hydrogens is 306 g/mol. The SMILES string of the molecule is CC1=NN(c2ccc(C)cc2)C(=O)/C1=C\c1ccccc1[N+](=O)[O-]. The van der Waals surface area contributed by atoms with Gasteiger partial charge in [0, 0.05) is 6.07 Å². The molecule has 1 aliphatic rings. The average Bonchev–Trinajstić information content (AvgIpc) is 2.84. The lowest BCUT2D eigenvalue weighted by atomic mass is 10.1. The van der Waals surface area contributed by atoms with Gasteiger partial charge in [-0.25, -0.2) is 0 Å². The van der Waals surface area contributed by atoms with E-state index in [1.54, 1.807) is 25.1 Å². The molecule has 1 heterocycles. The molecule has 1 amide bonds. The van der Waals surface area contributed by atoms with Crippen LogP contribution in [0.5, 0.6) is 0 Å². The number of hydrogen-bond acceptors (Lipinski definition) is 4. The predicted octanol–water partition coefficient (Wildman–Crippen LogP) is 3.71. The quantitative estimate of drug-likeness (QED) is 0.491. The molecule has 6 heteroatoms. The number of nitro groups is 1. The molecule has 0 atom stereocenters. The number of amides is 1. The molecule has 0 N–H and O–H groups in total. The van der Waals surface area contributed by atoms with Crippen LogP contribution < -0.4 is 5.01 Å². The van der Waals surface area contributed by atoms with Crippen LogP contribution in [0.25, 0.3) is 6.08 Å². The molecule has 0 bridgehead atoms. The first-order valence-corrected chi connectivity index (χ1v) is 7.39. The van der Waals surface area contributed by atoms with Gasteiger partial charge in [0.05, 0.1) is 27.5 Å². The lowest BCUT2D eigenvalue weighted by Gasteiger charge is -2.11. The van der Waals surface area contributed by atoms with Crippen molar-refractivity contribution in [3.05, 3.63) is 75.3 Å². The Bertz CT molecular complexity index is 883. The Hall–Kier alpha value is -3.28. The molecule has 6 nitrogen and oxygen atoms in total. The maximum absolute atomic E-state index is 12.7. The number of anilines is 1. The highest BCUT2D eigenvalue weighted by molar-refractivity contribution is 6.32. The van der Waals surface area contributed by atoms with E-state index in [-0.39, 0.29) is 11.6 Å². The molecule has 2 aromatic carbocycles. The summed E-state index contributed by atoms with van der Waals surface area (Å²) in [5.74, 6) is -0.297. The highest BCUT2D eigenvalue weighted by Gasteiger charge is 2.29. The van der Waals surface area contributed by atoms with Crippen molar-refractivity contribution in [1.29, 1.82) is 0 Å². The molecule has 0 fully saturated rings. The van der Waals surface area contributed by atoms with Crippen molar-refractivity contribution < 1.29 is 9.72 Å². The number of hydrazone groups is 1. The highest BCUT2D eigenvalue weighted by Crippen LogP contribution is 2.27. The summed E-state index contributed by atoms with van der Waals surface area (Å²) in [6.45, 7) is 3.68. The zero-order valence-corrected chi connectivity index (χ0v) is 13.3. The molecule has 24 heavy (non-hydrogen) atoms. The molecule has 0 saturated heterocycles. The van der Waals surface area contributed by atoms with E-state index in [2.05, 4.69) is 5.10 Å². The van der Waals surface area contributed by atoms with Crippen LogP contribution >= 0.6 is 0 Å². The molecule has 0 radical (unpaired) electrons. The smallest absolute Gasteiger partial charge is 0.267 e. The third-order valence-electron chi connectivity index (χ3n) is 3.77. The molecule has 0 aliphatic carbocycles. The first kappa shape index (κ1) is 15.6. The van der Waals surface area contributed by atoms with Gasteiger partial charge in [-0.1, -0.05) is 29.8 Å². The highest BCUT2D eigenvalue weighted by atomic mass is 16.6. The topological polar surface area (TPSA) is 75.8 Å². The maximum atomic E-state index is 12.7. The van der Waals surface area contributed by atoms with Gasteiger partial charge in [-0.3, -0.25) is 14.9 Å². The normalized spacial score (nSPS) is 15.8. The summed E-state index contributed by atoms with van der Waals surface area (Å²) < 4.78 is 0. The minimum atomic E-state index is -0.462. The average molecular weight is 321 g/mol. The summed E-state index contributed by atoms with van der Waals surface area (Å²) in [6.07, 6.45) is 1.52. The fourth-order valence-corrected chi connectivity index (χ4v) is 2.48. The Balaban J connectivity index is 1.99. The lowest BCUT2D eigenvalue weighted by Crippen LogP contribution is -2.21. The molecule has 120 valence electrons. The molecule has 0 spiro atoms. The van der Waals surface area contributed by atoms with Crippen LogP contribution in [0.4, 0.5) is 11.4 Å². The fraction of sp³-hybridized carbons (Fsp3) is 0.111. The van der Waals surface area contributed by atoms with Gasteiger partial charge in [0.1, 0.15) is 0 Å². The third kappa shape index (κ3) is 2.81. The van der Waals surface area contributed by atoms with Crippen LogP contribution in [0.3, 0.4) is 0 Å². The van der Waals surface area contributed by atoms with Crippen molar-refractivity contribution in [3.8, 4) is 0 Å². The molecule has 3 rings (SSSR count). The van der Waals surface area contributed by atoms with E-state index in [1.807, 2.05) is 31.2 Å². The Morgan fingerprint density at radius 3 is 2.42 bits per heavy atom. The Morgan fingerprint density at radius 2 is 1.75 bits per heavy atom. The maximum Gasteiger partial charge on any atom is 0.280 e. The number of hydrogen-bond donors (Lipinski definition) is 0. The van der Waals surface area contributed by atoms with E-state index >= 15 is 0 Å². The van der Waals surface area contributed by atoms with Gasteiger partial charge >= 0.3 is 0 Å². The second kappa shape index (κ2) is 6.08. The summed E-state index contributed by atoms with van der Waals surface area (Å²) in [5, 5.41) is 16.7. The van der Waals surface area contributed by atoms with Gasteiger partial charge in [-0.15, -0.1) is 0 Å². The van der Waals surface area contributed by atoms with E-state index in [4.69, 9.17) is 0 Å². The van der Waals surface area contributed by atoms with Gasteiger partial charge in [-0.2, -0.15) is 10.1 Å². The zero-order valence-electron chi connectivity index (χ0n) is 13.3. The second-order valence-corrected chi connectivity index (χ2v) is 5.51. The summed E-state index contributed by atoms with van der Waals surface area (Å²) in [7, 11) is 0. The molecular formula is C18H15N3O3. The Morgan fingerprint density at radius 1 is 1.08 bits per heavy atom. The minimum absolute atomic E-state index is 0.0422. The number of rotatable bonds is 3. The van der Waals surface area contributed by atoms with E-state index in [1.165, 1.54) is 17.2 Å². The predicted molar refractivity (Wildman–Crippen MR) is 92.8 cm³/mol. The molecule has 0 saturated carbocycles. The monoisotopic (exact) mass is 321 g/mol. The number of benzene rings is 2.